The number of aliphatic hydroxyl groups is 1. The molecular formula is C84H160O17P2. The van der Waals surface area contributed by atoms with E-state index < -0.39 is 97.5 Å². The Morgan fingerprint density at radius 2 is 0.573 bits per heavy atom. The molecule has 608 valence electrons. The summed E-state index contributed by atoms with van der Waals surface area (Å²) in [6.07, 6.45) is 66.1. The maximum atomic E-state index is 13.1. The van der Waals surface area contributed by atoms with Crippen molar-refractivity contribution in [2.45, 2.75) is 433 Å². The Balaban J connectivity index is 5.24. The molecule has 0 aromatic heterocycles. The number of phosphoric ester groups is 2. The first-order valence-corrected chi connectivity index (χ1v) is 45.7. The molecule has 0 radical (unpaired) electrons. The molecule has 0 heterocycles. The third-order valence-corrected chi connectivity index (χ3v) is 21.6. The molecule has 0 spiro atoms. The highest BCUT2D eigenvalue weighted by molar-refractivity contribution is 7.47. The molecule has 0 aromatic carbocycles. The molecule has 0 aliphatic heterocycles. The van der Waals surface area contributed by atoms with Crippen LogP contribution in [-0.2, 0) is 65.4 Å². The van der Waals surface area contributed by atoms with E-state index in [1.165, 1.54) is 205 Å². The number of esters is 4. The van der Waals surface area contributed by atoms with E-state index in [0.717, 1.165) is 127 Å². The number of hydrogen-bond donors (Lipinski definition) is 3. The van der Waals surface area contributed by atoms with Crippen LogP contribution in [0.2, 0.25) is 0 Å². The van der Waals surface area contributed by atoms with Gasteiger partial charge in [-0.15, -0.1) is 0 Å². The third kappa shape index (κ3) is 74.8. The molecule has 0 rings (SSSR count). The van der Waals surface area contributed by atoms with Crippen LogP contribution in [0.3, 0.4) is 0 Å². The Bertz CT molecular complexity index is 2090. The van der Waals surface area contributed by atoms with Gasteiger partial charge in [0.05, 0.1) is 26.4 Å². The van der Waals surface area contributed by atoms with Crippen molar-refractivity contribution < 1.29 is 80.2 Å². The molecule has 0 aromatic rings. The Kier molecular flexibility index (Phi) is 71.9. The highest BCUT2D eigenvalue weighted by Gasteiger charge is 2.30. The molecule has 4 unspecified atom stereocenters. The second-order valence-corrected chi connectivity index (χ2v) is 33.4. The summed E-state index contributed by atoms with van der Waals surface area (Å²) in [5.74, 6) is 0.247. The van der Waals surface area contributed by atoms with Crippen molar-refractivity contribution >= 4 is 39.5 Å². The zero-order chi connectivity index (χ0) is 75.8. The summed E-state index contributed by atoms with van der Waals surface area (Å²) in [6, 6.07) is 0. The van der Waals surface area contributed by atoms with E-state index in [1.807, 2.05) is 0 Å². The zero-order valence-corrected chi connectivity index (χ0v) is 69.1. The number of carbonyl (C=O) groups excluding carboxylic acids is 4. The Morgan fingerprint density at radius 3 is 0.864 bits per heavy atom. The number of rotatable bonds is 80. The standard InChI is InChI=1S/C84H160O17P2/c1-8-11-12-13-14-15-16-17-22-29-34-39-44-53-60-67-83(88)100-79(71-94-81(86)65-58-51-43-38-33-28-24-21-19-18-20-23-27-32-37-42-49-56-63-76(6)9-2)73-98-102(90,91)96-69-78(85)70-97-103(92,93)99-74-80(72-95-82(87)66-59-52-47-46-50-57-64-77(7)10-3)101-84(89)68-61-54-45-40-35-30-25-26-31-36-41-48-55-62-75(4)5/h15-17,22,75-80,85H,8-14,18-21,23-74H2,1-7H3,(H,90,91)(H,92,93)/b16-15-,22-17-/t76?,77?,78-,79-,80-/m1/s1. The van der Waals surface area contributed by atoms with Gasteiger partial charge in [-0.2, -0.15) is 0 Å². The normalized spacial score (nSPS) is 14.6. The number of aliphatic hydroxyl groups excluding tert-OH is 1. The highest BCUT2D eigenvalue weighted by Crippen LogP contribution is 2.45. The van der Waals surface area contributed by atoms with Crippen LogP contribution in [0.1, 0.15) is 414 Å². The van der Waals surface area contributed by atoms with Crippen molar-refractivity contribution in [2.75, 3.05) is 39.6 Å². The Labute approximate surface area is 631 Å². The van der Waals surface area contributed by atoms with Gasteiger partial charge in [-0.3, -0.25) is 37.3 Å². The van der Waals surface area contributed by atoms with Gasteiger partial charge >= 0.3 is 39.5 Å². The summed E-state index contributed by atoms with van der Waals surface area (Å²) in [5, 5.41) is 10.7. The van der Waals surface area contributed by atoms with Crippen molar-refractivity contribution in [1.29, 1.82) is 0 Å². The SMILES string of the molecule is CCCCCC/C=C\C=C/CCCCCCCC(=O)O[C@H](COC(=O)CCCCCCCCCCCCCCCCCCCCC(C)CC)COP(=O)(O)OC[C@@H](O)COP(=O)(O)OC[C@@H](COC(=O)CCCCCCCCC(C)CC)OC(=O)CCCCCCCCCCCCCCCC(C)C. The molecule has 0 aliphatic carbocycles. The molecular weight excluding hydrogens is 1340 g/mol. The summed E-state index contributed by atoms with van der Waals surface area (Å²) in [5.41, 5.74) is 0. The van der Waals surface area contributed by atoms with Crippen LogP contribution in [0.15, 0.2) is 24.3 Å². The average molecular weight is 1500 g/mol. The van der Waals surface area contributed by atoms with Gasteiger partial charge in [0.25, 0.3) is 0 Å². The zero-order valence-electron chi connectivity index (χ0n) is 67.3. The second-order valence-electron chi connectivity index (χ2n) is 30.5. The number of phosphoric acid groups is 2. The molecule has 17 nitrogen and oxygen atoms in total. The monoisotopic (exact) mass is 1500 g/mol. The van der Waals surface area contributed by atoms with Crippen molar-refractivity contribution in [3.8, 4) is 0 Å². The van der Waals surface area contributed by atoms with E-state index in [1.54, 1.807) is 0 Å². The lowest BCUT2D eigenvalue weighted by molar-refractivity contribution is -0.161. The number of carbonyl (C=O) groups is 4. The fourth-order valence-electron chi connectivity index (χ4n) is 12.4. The summed E-state index contributed by atoms with van der Waals surface area (Å²) in [4.78, 5) is 73.1. The van der Waals surface area contributed by atoms with Gasteiger partial charge in [0.2, 0.25) is 0 Å². The molecule has 0 bridgehead atoms. The predicted molar refractivity (Wildman–Crippen MR) is 423 cm³/mol. The van der Waals surface area contributed by atoms with Crippen LogP contribution in [0.4, 0.5) is 0 Å². The molecule has 3 N–H and O–H groups in total. The van der Waals surface area contributed by atoms with E-state index in [2.05, 4.69) is 72.8 Å². The van der Waals surface area contributed by atoms with Gasteiger partial charge in [-0.1, -0.05) is 362 Å². The minimum absolute atomic E-state index is 0.0853. The maximum absolute atomic E-state index is 13.1. The van der Waals surface area contributed by atoms with Gasteiger partial charge < -0.3 is 33.8 Å². The van der Waals surface area contributed by atoms with Gasteiger partial charge in [-0.05, 0) is 69.1 Å². The quantitative estimate of drug-likeness (QED) is 0.0169. The van der Waals surface area contributed by atoms with Crippen molar-refractivity contribution in [1.82, 2.24) is 0 Å². The van der Waals surface area contributed by atoms with Crippen molar-refractivity contribution in [3.05, 3.63) is 24.3 Å². The van der Waals surface area contributed by atoms with Crippen LogP contribution in [0.5, 0.6) is 0 Å². The van der Waals surface area contributed by atoms with Gasteiger partial charge in [-0.25, -0.2) is 9.13 Å². The fraction of sp³-hybridized carbons (Fsp3) is 0.905. The van der Waals surface area contributed by atoms with Crippen LogP contribution in [-0.4, -0.2) is 96.7 Å². The maximum Gasteiger partial charge on any atom is 0.472 e. The molecule has 19 heteroatoms. The Hall–Kier alpha value is -2.46. The van der Waals surface area contributed by atoms with Crippen LogP contribution in [0, 0.1) is 17.8 Å². The summed E-state index contributed by atoms with van der Waals surface area (Å²) < 4.78 is 68.7. The third-order valence-electron chi connectivity index (χ3n) is 19.7. The largest absolute Gasteiger partial charge is 0.472 e. The number of unbranched alkanes of at least 4 members (excludes halogenated alkanes) is 43. The van der Waals surface area contributed by atoms with Gasteiger partial charge in [0.1, 0.15) is 19.3 Å². The smallest absolute Gasteiger partial charge is 0.462 e. The van der Waals surface area contributed by atoms with E-state index in [0.29, 0.717) is 25.7 Å². The summed E-state index contributed by atoms with van der Waals surface area (Å²) >= 11 is 0. The fourth-order valence-corrected chi connectivity index (χ4v) is 14.0. The van der Waals surface area contributed by atoms with Gasteiger partial charge in [0.15, 0.2) is 12.2 Å². The lowest BCUT2D eigenvalue weighted by Crippen LogP contribution is -2.30. The molecule has 0 saturated heterocycles. The predicted octanol–water partition coefficient (Wildman–Crippen LogP) is 24.9. The molecule has 7 atom stereocenters. The minimum Gasteiger partial charge on any atom is -0.462 e. The first-order chi connectivity index (χ1) is 49.8. The lowest BCUT2D eigenvalue weighted by Gasteiger charge is -2.21. The second kappa shape index (κ2) is 73.7. The topological polar surface area (TPSA) is 237 Å². The first-order valence-electron chi connectivity index (χ1n) is 42.7. The molecule has 0 fully saturated rings. The van der Waals surface area contributed by atoms with Crippen LogP contribution >= 0.6 is 15.6 Å². The van der Waals surface area contributed by atoms with Crippen molar-refractivity contribution in [2.24, 2.45) is 17.8 Å². The van der Waals surface area contributed by atoms with Gasteiger partial charge in [0, 0.05) is 25.7 Å². The number of ether oxygens (including phenoxy) is 4. The molecule has 0 aliphatic rings. The average Bonchev–Trinajstić information content (AvgIpc) is 0.931. The molecule has 103 heavy (non-hydrogen) atoms. The first kappa shape index (κ1) is 101. The molecule has 0 saturated carbocycles. The van der Waals surface area contributed by atoms with E-state index >= 15 is 0 Å². The van der Waals surface area contributed by atoms with E-state index in [4.69, 9.17) is 37.0 Å². The highest BCUT2D eigenvalue weighted by atomic mass is 31.2. The lowest BCUT2D eigenvalue weighted by atomic mass is 9.99. The summed E-state index contributed by atoms with van der Waals surface area (Å²) in [6.45, 7) is 11.9. The number of hydrogen-bond acceptors (Lipinski definition) is 15. The van der Waals surface area contributed by atoms with Crippen LogP contribution in [0.25, 0.3) is 0 Å². The minimum atomic E-state index is -4.97. The van der Waals surface area contributed by atoms with E-state index in [-0.39, 0.29) is 25.7 Å². The van der Waals surface area contributed by atoms with Crippen molar-refractivity contribution in [3.63, 3.8) is 0 Å². The van der Waals surface area contributed by atoms with E-state index in [9.17, 15) is 43.2 Å². The Morgan fingerprint density at radius 1 is 0.320 bits per heavy atom. The molecule has 0 amide bonds. The summed E-state index contributed by atoms with van der Waals surface area (Å²) in [7, 11) is -9.94. The van der Waals surface area contributed by atoms with Crippen LogP contribution < -0.4 is 0 Å². The number of allylic oxidation sites excluding steroid dienone is 4.